The minimum atomic E-state index is -3.39. The van der Waals surface area contributed by atoms with Crippen LogP contribution in [0.15, 0.2) is 29.2 Å². The van der Waals surface area contributed by atoms with E-state index in [1.807, 2.05) is 19.1 Å². The number of nitrogens with one attached hydrogen (secondary N) is 2. The molecule has 0 saturated carbocycles. The highest BCUT2D eigenvalue weighted by atomic mass is 32.2. The highest BCUT2D eigenvalue weighted by Crippen LogP contribution is 2.16. The number of hydrogen-bond acceptors (Lipinski definition) is 3. The van der Waals surface area contributed by atoms with Gasteiger partial charge in [0.1, 0.15) is 0 Å². The molecule has 2 N–H and O–H groups in total. The maximum absolute atomic E-state index is 12.2. The van der Waals surface area contributed by atoms with Crippen LogP contribution in [0.1, 0.15) is 25.3 Å². The SMILES string of the molecule is Cc1ccc(S(=O)(=O)NCC2NCCCC2C)cc1. The monoisotopic (exact) mass is 282 g/mol. The first-order valence-electron chi connectivity index (χ1n) is 6.79. The Balaban J connectivity index is 1.99. The van der Waals surface area contributed by atoms with Crippen LogP contribution in [0, 0.1) is 12.8 Å². The van der Waals surface area contributed by atoms with Gasteiger partial charge in [0.2, 0.25) is 10.0 Å². The second-order valence-electron chi connectivity index (χ2n) is 5.35. The average Bonchev–Trinajstić information content (AvgIpc) is 2.38. The van der Waals surface area contributed by atoms with E-state index in [1.165, 1.54) is 6.42 Å². The molecule has 0 spiro atoms. The summed E-state index contributed by atoms with van der Waals surface area (Å²) in [4.78, 5) is 0.335. The average molecular weight is 282 g/mol. The second-order valence-corrected chi connectivity index (χ2v) is 7.11. The Hall–Kier alpha value is -0.910. The summed E-state index contributed by atoms with van der Waals surface area (Å²) >= 11 is 0. The smallest absolute Gasteiger partial charge is 0.240 e. The van der Waals surface area contributed by atoms with Gasteiger partial charge in [0.15, 0.2) is 0 Å². The lowest BCUT2D eigenvalue weighted by atomic mass is 9.93. The van der Waals surface area contributed by atoms with Crippen LogP contribution in [0.3, 0.4) is 0 Å². The normalized spacial score (nSPS) is 24.3. The van der Waals surface area contributed by atoms with Gasteiger partial charge in [-0.15, -0.1) is 0 Å². The standard InChI is InChI=1S/C14H22N2O2S/c1-11-5-7-13(8-6-11)19(17,18)16-10-14-12(2)4-3-9-15-14/h5-8,12,14-16H,3-4,9-10H2,1-2H3. The van der Waals surface area contributed by atoms with Gasteiger partial charge < -0.3 is 5.32 Å². The fourth-order valence-electron chi connectivity index (χ4n) is 2.39. The number of piperidine rings is 1. The third-order valence-electron chi connectivity index (χ3n) is 3.75. The first-order chi connectivity index (χ1) is 8.99. The Bertz CT molecular complexity index is 511. The number of hydrogen-bond donors (Lipinski definition) is 2. The van der Waals surface area contributed by atoms with E-state index in [4.69, 9.17) is 0 Å². The molecular weight excluding hydrogens is 260 g/mol. The van der Waals surface area contributed by atoms with Gasteiger partial charge in [0, 0.05) is 12.6 Å². The molecule has 1 fully saturated rings. The van der Waals surface area contributed by atoms with E-state index in [1.54, 1.807) is 12.1 Å². The highest BCUT2D eigenvalue weighted by Gasteiger charge is 2.23. The van der Waals surface area contributed by atoms with Crippen molar-refractivity contribution in [2.24, 2.45) is 5.92 Å². The third-order valence-corrected chi connectivity index (χ3v) is 5.19. The summed E-state index contributed by atoms with van der Waals surface area (Å²) < 4.78 is 27.0. The minimum absolute atomic E-state index is 0.231. The van der Waals surface area contributed by atoms with E-state index in [-0.39, 0.29) is 6.04 Å². The van der Waals surface area contributed by atoms with Crippen molar-refractivity contribution in [1.82, 2.24) is 10.0 Å². The molecule has 2 rings (SSSR count). The Labute approximate surface area is 115 Å². The Kier molecular flexibility index (Phi) is 4.60. The second kappa shape index (κ2) is 6.03. The first kappa shape index (κ1) is 14.5. The van der Waals surface area contributed by atoms with Crippen LogP contribution in [0.25, 0.3) is 0 Å². The highest BCUT2D eigenvalue weighted by molar-refractivity contribution is 7.89. The van der Waals surface area contributed by atoms with Crippen LogP contribution in [0.4, 0.5) is 0 Å². The molecule has 0 bridgehead atoms. The fourth-order valence-corrected chi connectivity index (χ4v) is 3.45. The molecular formula is C14H22N2O2S. The van der Waals surface area contributed by atoms with Crippen LogP contribution in [0.5, 0.6) is 0 Å². The van der Waals surface area contributed by atoms with Gasteiger partial charge in [-0.1, -0.05) is 24.6 Å². The van der Waals surface area contributed by atoms with E-state index < -0.39 is 10.0 Å². The Morgan fingerprint density at radius 2 is 2.00 bits per heavy atom. The molecule has 0 amide bonds. The molecule has 0 aliphatic carbocycles. The number of benzene rings is 1. The largest absolute Gasteiger partial charge is 0.312 e. The lowest BCUT2D eigenvalue weighted by molar-refractivity contribution is 0.300. The molecule has 4 nitrogen and oxygen atoms in total. The molecule has 1 aliphatic rings. The molecule has 2 atom stereocenters. The van der Waals surface area contributed by atoms with Crippen molar-refractivity contribution < 1.29 is 8.42 Å². The molecule has 106 valence electrons. The maximum atomic E-state index is 12.2. The predicted octanol–water partition coefficient (Wildman–Crippen LogP) is 1.66. The minimum Gasteiger partial charge on any atom is -0.312 e. The summed E-state index contributed by atoms with van der Waals surface area (Å²) in [5.41, 5.74) is 1.06. The number of sulfonamides is 1. The molecule has 19 heavy (non-hydrogen) atoms. The lowest BCUT2D eigenvalue weighted by Gasteiger charge is -2.30. The van der Waals surface area contributed by atoms with Crippen LogP contribution in [-0.4, -0.2) is 27.5 Å². The van der Waals surface area contributed by atoms with Crippen LogP contribution in [0.2, 0.25) is 0 Å². The Morgan fingerprint density at radius 3 is 2.63 bits per heavy atom. The zero-order valence-corrected chi connectivity index (χ0v) is 12.3. The predicted molar refractivity (Wildman–Crippen MR) is 76.6 cm³/mol. The zero-order chi connectivity index (χ0) is 13.9. The van der Waals surface area contributed by atoms with E-state index in [9.17, 15) is 8.42 Å². The zero-order valence-electron chi connectivity index (χ0n) is 11.5. The number of aryl methyl sites for hydroxylation is 1. The molecule has 1 heterocycles. The molecule has 0 aromatic heterocycles. The van der Waals surface area contributed by atoms with Crippen LogP contribution < -0.4 is 10.0 Å². The van der Waals surface area contributed by atoms with E-state index >= 15 is 0 Å². The summed E-state index contributed by atoms with van der Waals surface area (Å²) in [6.45, 7) is 5.53. The van der Waals surface area contributed by atoms with Crippen molar-refractivity contribution >= 4 is 10.0 Å². The molecule has 1 aliphatic heterocycles. The van der Waals surface area contributed by atoms with Crippen molar-refractivity contribution in [3.63, 3.8) is 0 Å². The molecule has 5 heteroatoms. The molecule has 2 unspecified atom stereocenters. The quantitative estimate of drug-likeness (QED) is 0.883. The van der Waals surface area contributed by atoms with Crippen molar-refractivity contribution in [2.45, 2.75) is 37.6 Å². The molecule has 1 aromatic rings. The first-order valence-corrected chi connectivity index (χ1v) is 8.27. The van der Waals surface area contributed by atoms with Crippen LogP contribution in [-0.2, 0) is 10.0 Å². The van der Waals surface area contributed by atoms with Crippen molar-refractivity contribution in [3.8, 4) is 0 Å². The molecule has 0 radical (unpaired) electrons. The summed E-state index contributed by atoms with van der Waals surface area (Å²) in [5, 5.41) is 3.38. The van der Waals surface area contributed by atoms with E-state index in [2.05, 4.69) is 17.0 Å². The Morgan fingerprint density at radius 1 is 1.32 bits per heavy atom. The van der Waals surface area contributed by atoms with Gasteiger partial charge in [-0.05, 0) is 44.4 Å². The molecule has 1 aromatic carbocycles. The lowest BCUT2D eigenvalue weighted by Crippen LogP contribution is -2.47. The van der Waals surface area contributed by atoms with Gasteiger partial charge in [-0.25, -0.2) is 13.1 Å². The third kappa shape index (κ3) is 3.78. The van der Waals surface area contributed by atoms with Crippen LogP contribution >= 0.6 is 0 Å². The summed E-state index contributed by atoms with van der Waals surface area (Å²) in [6.07, 6.45) is 2.33. The van der Waals surface area contributed by atoms with E-state index in [0.717, 1.165) is 18.5 Å². The van der Waals surface area contributed by atoms with Gasteiger partial charge in [0.25, 0.3) is 0 Å². The summed E-state index contributed by atoms with van der Waals surface area (Å²) in [6, 6.07) is 7.16. The van der Waals surface area contributed by atoms with Gasteiger partial charge in [-0.2, -0.15) is 0 Å². The summed E-state index contributed by atoms with van der Waals surface area (Å²) in [7, 11) is -3.39. The number of rotatable bonds is 4. The fraction of sp³-hybridized carbons (Fsp3) is 0.571. The maximum Gasteiger partial charge on any atom is 0.240 e. The summed E-state index contributed by atoms with van der Waals surface area (Å²) in [5.74, 6) is 0.509. The van der Waals surface area contributed by atoms with Crippen molar-refractivity contribution in [2.75, 3.05) is 13.1 Å². The van der Waals surface area contributed by atoms with Gasteiger partial charge in [-0.3, -0.25) is 0 Å². The van der Waals surface area contributed by atoms with Crippen molar-refractivity contribution in [1.29, 1.82) is 0 Å². The van der Waals surface area contributed by atoms with Gasteiger partial charge >= 0.3 is 0 Å². The van der Waals surface area contributed by atoms with E-state index in [0.29, 0.717) is 17.4 Å². The topological polar surface area (TPSA) is 58.2 Å². The van der Waals surface area contributed by atoms with Crippen molar-refractivity contribution in [3.05, 3.63) is 29.8 Å². The van der Waals surface area contributed by atoms with Gasteiger partial charge in [0.05, 0.1) is 4.90 Å². The molecule has 1 saturated heterocycles.